The molecule has 2 saturated heterocycles. The second kappa shape index (κ2) is 10.3. The molecule has 2 aliphatic heterocycles. The fraction of sp³-hybridized carbons (Fsp3) is 0.400. The van der Waals surface area contributed by atoms with E-state index < -0.39 is 0 Å². The van der Waals surface area contributed by atoms with E-state index in [2.05, 4.69) is 16.3 Å². The topological polar surface area (TPSA) is 79.7 Å². The fourth-order valence-electron chi connectivity index (χ4n) is 4.55. The van der Waals surface area contributed by atoms with Crippen LogP contribution in [0.1, 0.15) is 24.4 Å². The summed E-state index contributed by atoms with van der Waals surface area (Å²) < 4.78 is 0. The number of hydrogen-bond acceptors (Lipinski definition) is 4. The number of nitrogens with one attached hydrogen (secondary N) is 1. The van der Waals surface area contributed by atoms with E-state index in [0.29, 0.717) is 39.3 Å². The number of nitrogens with zero attached hydrogens (tertiary/aromatic N) is 4. The van der Waals surface area contributed by atoms with E-state index in [1.165, 1.54) is 0 Å². The second-order valence-electron chi connectivity index (χ2n) is 8.38. The van der Waals surface area contributed by atoms with Crippen LogP contribution in [0.3, 0.4) is 0 Å². The third-order valence-corrected chi connectivity index (χ3v) is 6.31. The molecule has 3 amide bonds. The van der Waals surface area contributed by atoms with E-state index in [4.69, 9.17) is 0 Å². The maximum absolute atomic E-state index is 13.2. The monoisotopic (exact) mass is 431 g/mol. The van der Waals surface area contributed by atoms with Gasteiger partial charge >= 0.3 is 6.03 Å². The Hall–Kier alpha value is -3.37. The van der Waals surface area contributed by atoms with E-state index in [-0.39, 0.29) is 23.9 Å². The van der Waals surface area contributed by atoms with Gasteiger partial charge in [-0.25, -0.2) is 4.79 Å². The summed E-state index contributed by atoms with van der Waals surface area (Å²) in [6.07, 6.45) is 1.63. The van der Waals surface area contributed by atoms with Crippen molar-refractivity contribution in [3.05, 3.63) is 66.2 Å². The molecule has 4 rings (SSSR count). The minimum Gasteiger partial charge on any atom is -0.340 e. The molecule has 2 atom stereocenters. The van der Waals surface area contributed by atoms with Gasteiger partial charge in [-0.2, -0.15) is 5.26 Å². The predicted molar refractivity (Wildman–Crippen MR) is 123 cm³/mol. The van der Waals surface area contributed by atoms with Gasteiger partial charge in [0, 0.05) is 45.0 Å². The SMILES string of the molecule is N#CC(c1ccccc1)N1CCN(C(=O)C2CCCN(C(=O)Nc3ccccc3)C2)CC1. The minimum absolute atomic E-state index is 0.120. The number of urea groups is 1. The molecule has 7 heteroatoms. The van der Waals surface area contributed by atoms with E-state index in [1.807, 2.05) is 65.6 Å². The Bertz CT molecular complexity index is 951. The van der Waals surface area contributed by atoms with E-state index >= 15 is 0 Å². The summed E-state index contributed by atoms with van der Waals surface area (Å²) in [5, 5.41) is 12.6. The van der Waals surface area contributed by atoms with Crippen LogP contribution in [0, 0.1) is 17.2 Å². The average Bonchev–Trinajstić information content (AvgIpc) is 2.86. The van der Waals surface area contributed by atoms with Crippen LogP contribution in [0.4, 0.5) is 10.5 Å². The first-order valence-corrected chi connectivity index (χ1v) is 11.2. The van der Waals surface area contributed by atoms with Crippen LogP contribution in [-0.2, 0) is 4.79 Å². The Morgan fingerprint density at radius 3 is 2.22 bits per heavy atom. The van der Waals surface area contributed by atoms with Gasteiger partial charge in [0.05, 0.1) is 12.0 Å². The van der Waals surface area contributed by atoms with Gasteiger partial charge in [0.15, 0.2) is 0 Å². The van der Waals surface area contributed by atoms with Gasteiger partial charge in [-0.15, -0.1) is 0 Å². The molecule has 2 aliphatic rings. The van der Waals surface area contributed by atoms with Crippen LogP contribution in [0.15, 0.2) is 60.7 Å². The average molecular weight is 432 g/mol. The molecule has 2 aromatic rings. The molecule has 0 spiro atoms. The molecule has 2 fully saturated rings. The predicted octanol–water partition coefficient (Wildman–Crippen LogP) is 3.34. The lowest BCUT2D eigenvalue weighted by molar-refractivity contribution is -0.138. The molecule has 2 aromatic carbocycles. The van der Waals surface area contributed by atoms with Crippen molar-refractivity contribution >= 4 is 17.6 Å². The molecule has 7 nitrogen and oxygen atoms in total. The van der Waals surface area contributed by atoms with Crippen LogP contribution < -0.4 is 5.32 Å². The molecule has 1 N–H and O–H groups in total. The number of carbonyl (C=O) groups excluding carboxylic acids is 2. The van der Waals surface area contributed by atoms with Gasteiger partial charge in [0.2, 0.25) is 5.91 Å². The molecule has 32 heavy (non-hydrogen) atoms. The maximum atomic E-state index is 13.2. The highest BCUT2D eigenvalue weighted by Crippen LogP contribution is 2.24. The summed E-state index contributed by atoms with van der Waals surface area (Å²) in [6.45, 7) is 3.67. The number of rotatable bonds is 4. The zero-order valence-electron chi connectivity index (χ0n) is 18.2. The van der Waals surface area contributed by atoms with E-state index in [0.717, 1.165) is 24.1 Å². The number of hydrogen-bond donors (Lipinski definition) is 1. The van der Waals surface area contributed by atoms with Gasteiger partial charge in [0.25, 0.3) is 0 Å². The van der Waals surface area contributed by atoms with Crippen molar-refractivity contribution in [3.63, 3.8) is 0 Å². The third kappa shape index (κ3) is 5.09. The molecule has 0 bridgehead atoms. The normalized spacial score (nSPS) is 20.3. The summed E-state index contributed by atoms with van der Waals surface area (Å²) in [7, 11) is 0. The van der Waals surface area contributed by atoms with Gasteiger partial charge < -0.3 is 15.1 Å². The number of amides is 3. The number of para-hydroxylation sites is 1. The summed E-state index contributed by atoms with van der Waals surface area (Å²) in [5.74, 6) is -0.0483. The third-order valence-electron chi connectivity index (χ3n) is 6.31. The highest BCUT2D eigenvalue weighted by molar-refractivity contribution is 5.90. The summed E-state index contributed by atoms with van der Waals surface area (Å²) in [6, 6.07) is 21.1. The lowest BCUT2D eigenvalue weighted by atomic mass is 9.96. The van der Waals surface area contributed by atoms with Crippen LogP contribution in [0.25, 0.3) is 0 Å². The van der Waals surface area contributed by atoms with Gasteiger partial charge in [-0.3, -0.25) is 9.69 Å². The van der Waals surface area contributed by atoms with Crippen molar-refractivity contribution in [3.8, 4) is 6.07 Å². The highest BCUT2D eigenvalue weighted by Gasteiger charge is 2.34. The lowest BCUT2D eigenvalue weighted by Crippen LogP contribution is -2.53. The van der Waals surface area contributed by atoms with Gasteiger partial charge in [0.1, 0.15) is 6.04 Å². The zero-order valence-corrected chi connectivity index (χ0v) is 18.2. The Morgan fingerprint density at radius 2 is 1.56 bits per heavy atom. The number of anilines is 1. The lowest BCUT2D eigenvalue weighted by Gasteiger charge is -2.40. The molecule has 0 aromatic heterocycles. The first-order chi connectivity index (χ1) is 15.7. The second-order valence-corrected chi connectivity index (χ2v) is 8.38. The van der Waals surface area contributed by atoms with Crippen molar-refractivity contribution in [2.45, 2.75) is 18.9 Å². The molecule has 166 valence electrons. The number of likely N-dealkylation sites (tertiary alicyclic amines) is 1. The Kier molecular flexibility index (Phi) is 7.03. The maximum Gasteiger partial charge on any atom is 0.321 e. The molecule has 0 saturated carbocycles. The minimum atomic E-state index is -0.291. The zero-order chi connectivity index (χ0) is 22.3. The number of nitriles is 1. The molecule has 2 unspecified atom stereocenters. The van der Waals surface area contributed by atoms with Gasteiger partial charge in [-0.05, 0) is 30.5 Å². The fourth-order valence-corrected chi connectivity index (χ4v) is 4.55. The summed E-state index contributed by atoms with van der Waals surface area (Å²) in [5.41, 5.74) is 1.75. The largest absolute Gasteiger partial charge is 0.340 e. The number of piperidine rings is 1. The summed E-state index contributed by atoms with van der Waals surface area (Å²) in [4.78, 5) is 31.6. The van der Waals surface area contributed by atoms with Crippen LogP contribution in [0.2, 0.25) is 0 Å². The Balaban J connectivity index is 1.31. The molecule has 2 heterocycles. The van der Waals surface area contributed by atoms with E-state index in [9.17, 15) is 14.9 Å². The molecular formula is C25H29N5O2. The van der Waals surface area contributed by atoms with E-state index in [1.54, 1.807) is 4.90 Å². The standard InChI is InChI=1S/C25H29N5O2/c26-18-23(20-8-3-1-4-9-20)28-14-16-29(17-15-28)24(31)21-10-7-13-30(19-21)25(32)27-22-11-5-2-6-12-22/h1-6,8-9,11-12,21,23H,7,10,13-17,19H2,(H,27,32). The Labute approximate surface area is 189 Å². The van der Waals surface area contributed by atoms with Crippen molar-refractivity contribution in [2.75, 3.05) is 44.6 Å². The van der Waals surface area contributed by atoms with Crippen LogP contribution >= 0.6 is 0 Å². The van der Waals surface area contributed by atoms with Crippen molar-refractivity contribution in [1.29, 1.82) is 5.26 Å². The molecule has 0 aliphatic carbocycles. The van der Waals surface area contributed by atoms with Crippen molar-refractivity contribution in [1.82, 2.24) is 14.7 Å². The number of carbonyl (C=O) groups is 2. The molecule has 0 radical (unpaired) electrons. The molecular weight excluding hydrogens is 402 g/mol. The van der Waals surface area contributed by atoms with Crippen LogP contribution in [0.5, 0.6) is 0 Å². The number of benzene rings is 2. The quantitative estimate of drug-likeness (QED) is 0.805. The first-order valence-electron chi connectivity index (χ1n) is 11.2. The van der Waals surface area contributed by atoms with Crippen molar-refractivity contribution < 1.29 is 9.59 Å². The van der Waals surface area contributed by atoms with Gasteiger partial charge in [-0.1, -0.05) is 48.5 Å². The van der Waals surface area contributed by atoms with Crippen molar-refractivity contribution in [2.24, 2.45) is 5.92 Å². The Morgan fingerprint density at radius 1 is 0.906 bits per heavy atom. The number of piperazine rings is 1. The highest BCUT2D eigenvalue weighted by atomic mass is 16.2. The summed E-state index contributed by atoms with van der Waals surface area (Å²) >= 11 is 0. The smallest absolute Gasteiger partial charge is 0.321 e. The first kappa shape index (κ1) is 21.8. The van der Waals surface area contributed by atoms with Crippen LogP contribution in [-0.4, -0.2) is 65.9 Å².